The van der Waals surface area contributed by atoms with Crippen LogP contribution in [0.4, 0.5) is 0 Å². The summed E-state index contributed by atoms with van der Waals surface area (Å²) in [5.74, 6) is 0.595. The van der Waals surface area contributed by atoms with Crippen LogP contribution in [0.1, 0.15) is 11.1 Å². The fraction of sp³-hybridized carbons (Fsp3) is 0. The summed E-state index contributed by atoms with van der Waals surface area (Å²) in [5.41, 5.74) is 8.83. The van der Waals surface area contributed by atoms with Crippen molar-refractivity contribution in [2.75, 3.05) is 0 Å². The van der Waals surface area contributed by atoms with Crippen molar-refractivity contribution in [2.24, 2.45) is 0 Å². The zero-order valence-electron chi connectivity index (χ0n) is 23.3. The number of aromatic nitrogens is 1. The molecule has 0 amide bonds. The minimum Gasteiger partial charge on any atom is -0.436 e. The van der Waals surface area contributed by atoms with Gasteiger partial charge >= 0.3 is 0 Å². The number of hydrogen-bond acceptors (Lipinski definition) is 4. The second-order valence-corrected chi connectivity index (χ2v) is 10.3. The predicted molar refractivity (Wildman–Crippen MR) is 177 cm³/mol. The Morgan fingerprint density at radius 3 is 2.12 bits per heavy atom. The molecule has 4 heteroatoms. The molecule has 0 saturated heterocycles. The maximum absolute atomic E-state index is 9.04. The maximum atomic E-state index is 9.04. The Bertz CT molecular complexity index is 2160. The molecule has 0 aliphatic heterocycles. The molecule has 0 aliphatic rings. The number of rotatable bonds is 7. The van der Waals surface area contributed by atoms with E-state index in [4.69, 9.17) is 20.2 Å². The van der Waals surface area contributed by atoms with Crippen LogP contribution in [0.2, 0.25) is 0 Å². The molecule has 0 aliphatic carbocycles. The summed E-state index contributed by atoms with van der Waals surface area (Å²) < 4.78 is 6.23. The topological polar surface area (TPSA) is 73.7 Å². The fourth-order valence-corrected chi connectivity index (χ4v) is 5.51. The first-order valence-corrected chi connectivity index (χ1v) is 14.1. The van der Waals surface area contributed by atoms with Gasteiger partial charge < -0.3 is 15.2 Å². The molecule has 0 bridgehead atoms. The number of fused-ring (bicyclic) bond motifs is 2. The highest BCUT2D eigenvalue weighted by atomic mass is 16.3. The highest BCUT2D eigenvalue weighted by Gasteiger charge is 2.18. The zero-order valence-corrected chi connectivity index (χ0v) is 23.3. The second-order valence-electron chi connectivity index (χ2n) is 10.3. The van der Waals surface area contributed by atoms with Gasteiger partial charge in [0, 0.05) is 11.1 Å². The van der Waals surface area contributed by atoms with Crippen LogP contribution in [0.25, 0.3) is 55.6 Å². The Labute approximate surface area is 249 Å². The Hall–Kier alpha value is -5.87. The zero-order chi connectivity index (χ0) is 29.2. The molecule has 1 heterocycles. The Balaban J connectivity index is 1.35. The van der Waals surface area contributed by atoms with Gasteiger partial charge in [-0.05, 0) is 75.0 Å². The third-order valence-electron chi connectivity index (χ3n) is 7.64. The van der Waals surface area contributed by atoms with Crippen LogP contribution >= 0.6 is 0 Å². The quantitative estimate of drug-likeness (QED) is 0.193. The fourth-order valence-electron chi connectivity index (χ4n) is 5.51. The summed E-state index contributed by atoms with van der Waals surface area (Å²) in [6.07, 6.45) is 3.41. The van der Waals surface area contributed by atoms with Gasteiger partial charge in [-0.1, -0.05) is 115 Å². The van der Waals surface area contributed by atoms with Crippen molar-refractivity contribution in [3.63, 3.8) is 0 Å². The monoisotopic (exact) mass is 553 g/mol. The van der Waals surface area contributed by atoms with Gasteiger partial charge in [-0.2, -0.15) is 0 Å². The minimum atomic E-state index is 0.341. The third kappa shape index (κ3) is 5.07. The first-order chi connectivity index (χ1) is 21.2. The van der Waals surface area contributed by atoms with Crippen LogP contribution in [0.3, 0.4) is 0 Å². The van der Waals surface area contributed by atoms with E-state index in [-0.39, 0.29) is 0 Å². The summed E-state index contributed by atoms with van der Waals surface area (Å²) >= 11 is 0. The number of oxazole rings is 1. The Morgan fingerprint density at radius 2 is 1.28 bits per heavy atom. The third-order valence-corrected chi connectivity index (χ3v) is 7.64. The lowest BCUT2D eigenvalue weighted by molar-refractivity contribution is 0.620. The number of nitrogens with zero attached hydrogens (tertiary/aromatic N) is 1. The molecule has 2 N–H and O–H groups in total. The van der Waals surface area contributed by atoms with Crippen LogP contribution in [0, 0.1) is 10.8 Å². The van der Waals surface area contributed by atoms with Crippen molar-refractivity contribution in [3.05, 3.63) is 163 Å². The summed E-state index contributed by atoms with van der Waals surface area (Å²) in [5, 5.41) is 19.7. The molecule has 43 heavy (non-hydrogen) atoms. The molecular formula is C39H27N3O. The van der Waals surface area contributed by atoms with Crippen molar-refractivity contribution >= 4 is 33.3 Å². The molecule has 0 saturated carbocycles. The molecule has 0 atom stereocenters. The lowest BCUT2D eigenvalue weighted by atomic mass is 9.86. The summed E-state index contributed by atoms with van der Waals surface area (Å²) in [4.78, 5) is 4.72. The van der Waals surface area contributed by atoms with Gasteiger partial charge in [-0.15, -0.1) is 0 Å². The van der Waals surface area contributed by atoms with E-state index in [2.05, 4.69) is 48.5 Å². The highest BCUT2D eigenvalue weighted by molar-refractivity contribution is 6.18. The molecule has 7 aromatic rings. The van der Waals surface area contributed by atoms with Gasteiger partial charge in [0.2, 0.25) is 5.89 Å². The van der Waals surface area contributed by atoms with Gasteiger partial charge in [0.25, 0.3) is 0 Å². The number of benzene rings is 6. The SMILES string of the molecule is N=C(/C=C\C(=N)c1ccccc1-c1c(-c2ccc3nc(-c4ccccc4)oc3c2)ccc2ccccc12)c1ccccc1. The smallest absolute Gasteiger partial charge is 0.227 e. The maximum Gasteiger partial charge on any atom is 0.227 e. The van der Waals surface area contributed by atoms with E-state index in [1.54, 1.807) is 12.2 Å². The van der Waals surface area contributed by atoms with E-state index < -0.39 is 0 Å². The van der Waals surface area contributed by atoms with Crippen LogP contribution in [-0.2, 0) is 0 Å². The van der Waals surface area contributed by atoms with Crippen LogP contribution in [0.5, 0.6) is 0 Å². The van der Waals surface area contributed by atoms with Crippen molar-refractivity contribution in [3.8, 4) is 33.7 Å². The average Bonchev–Trinajstić information content (AvgIpc) is 3.51. The largest absolute Gasteiger partial charge is 0.436 e. The van der Waals surface area contributed by atoms with Gasteiger partial charge in [0.1, 0.15) is 5.52 Å². The predicted octanol–water partition coefficient (Wildman–Crippen LogP) is 9.97. The van der Waals surface area contributed by atoms with E-state index in [0.717, 1.165) is 60.8 Å². The Morgan fingerprint density at radius 1 is 0.581 bits per heavy atom. The van der Waals surface area contributed by atoms with Gasteiger partial charge in [0.05, 0.1) is 11.4 Å². The van der Waals surface area contributed by atoms with Crippen molar-refractivity contribution in [2.45, 2.75) is 0 Å². The molecule has 0 spiro atoms. The average molecular weight is 554 g/mol. The first-order valence-electron chi connectivity index (χ1n) is 14.1. The van der Waals surface area contributed by atoms with E-state index in [1.165, 1.54) is 0 Å². The van der Waals surface area contributed by atoms with Crippen LogP contribution in [-0.4, -0.2) is 16.4 Å². The molecular weight excluding hydrogens is 526 g/mol. The minimum absolute atomic E-state index is 0.341. The summed E-state index contributed by atoms with van der Waals surface area (Å²) in [7, 11) is 0. The van der Waals surface area contributed by atoms with Crippen LogP contribution < -0.4 is 0 Å². The molecule has 0 radical (unpaired) electrons. The molecule has 1 aromatic heterocycles. The summed E-state index contributed by atoms with van der Waals surface area (Å²) in [6.45, 7) is 0. The number of hydrogen-bond donors (Lipinski definition) is 2. The van der Waals surface area contributed by atoms with Crippen molar-refractivity contribution < 1.29 is 4.42 Å². The molecule has 0 fully saturated rings. The lowest BCUT2D eigenvalue weighted by Crippen LogP contribution is -2.01. The van der Waals surface area contributed by atoms with E-state index >= 15 is 0 Å². The molecule has 7 rings (SSSR count). The molecule has 0 unspecified atom stereocenters. The molecule has 6 aromatic carbocycles. The first kappa shape index (κ1) is 26.1. The van der Waals surface area contributed by atoms with Crippen molar-refractivity contribution in [1.29, 1.82) is 10.8 Å². The normalized spacial score (nSPS) is 11.3. The molecule has 4 nitrogen and oxygen atoms in total. The van der Waals surface area contributed by atoms with Gasteiger partial charge in [-0.25, -0.2) is 4.98 Å². The van der Waals surface area contributed by atoms with E-state index in [9.17, 15) is 0 Å². The number of nitrogens with one attached hydrogen (secondary N) is 2. The summed E-state index contributed by atoms with van der Waals surface area (Å²) in [6, 6.07) is 46.3. The number of allylic oxidation sites excluding steroid dienone is 2. The van der Waals surface area contributed by atoms with Crippen molar-refractivity contribution in [1.82, 2.24) is 4.98 Å². The van der Waals surface area contributed by atoms with Gasteiger partial charge in [0.15, 0.2) is 5.58 Å². The second kappa shape index (κ2) is 11.2. The van der Waals surface area contributed by atoms with Gasteiger partial charge in [-0.3, -0.25) is 0 Å². The van der Waals surface area contributed by atoms with Crippen LogP contribution in [0.15, 0.2) is 156 Å². The Kier molecular flexibility index (Phi) is 6.78. The molecule has 204 valence electrons. The van der Waals surface area contributed by atoms with E-state index in [1.807, 2.05) is 91.0 Å². The lowest BCUT2D eigenvalue weighted by Gasteiger charge is -2.17. The standard InChI is InChI=1S/C39H27N3O/c40-34(27-12-3-1-4-13-27)22-23-35(41)32-17-9-10-18-33(32)38-30-16-8-7-11-26(30)19-21-31(38)29-20-24-36-37(25-29)43-39(42-36)28-14-5-2-6-15-28/h1-25,40-41H/b23-22-,40-34?,41-35?. The van der Waals surface area contributed by atoms with E-state index in [0.29, 0.717) is 17.3 Å². The highest BCUT2D eigenvalue weighted by Crippen LogP contribution is 2.41.